The van der Waals surface area contributed by atoms with Crippen molar-refractivity contribution in [3.63, 3.8) is 0 Å². The van der Waals surface area contributed by atoms with Gasteiger partial charge in [0, 0.05) is 36.0 Å². The van der Waals surface area contributed by atoms with Crippen molar-refractivity contribution in [3.05, 3.63) is 42.1 Å². The van der Waals surface area contributed by atoms with Crippen molar-refractivity contribution < 1.29 is 4.74 Å². The first-order valence-corrected chi connectivity index (χ1v) is 7.71. The fourth-order valence-electron chi connectivity index (χ4n) is 2.55. The molecule has 2 heterocycles. The van der Waals surface area contributed by atoms with Crippen LogP contribution < -0.4 is 0 Å². The van der Waals surface area contributed by atoms with Crippen molar-refractivity contribution in [3.8, 4) is 0 Å². The quantitative estimate of drug-likeness (QED) is 0.813. The average molecular weight is 321 g/mol. The van der Waals surface area contributed by atoms with E-state index in [4.69, 9.17) is 4.74 Å². The van der Waals surface area contributed by atoms with Crippen LogP contribution in [-0.4, -0.2) is 41.0 Å². The van der Waals surface area contributed by atoms with E-state index in [-0.39, 0.29) is 0 Å². The Morgan fingerprint density at radius 3 is 3.11 bits per heavy atom. The lowest BCUT2D eigenvalue weighted by Crippen LogP contribution is -2.45. The normalized spacial score (nSPS) is 20.8. The highest BCUT2D eigenvalue weighted by atomic mass is 79.9. The van der Waals surface area contributed by atoms with E-state index >= 15 is 0 Å². The number of nitrogens with zero attached hydrogens (tertiary/aromatic N) is 2. The zero-order valence-corrected chi connectivity index (χ0v) is 12.3. The highest BCUT2D eigenvalue weighted by Gasteiger charge is 2.22. The van der Waals surface area contributed by atoms with Crippen LogP contribution in [0.4, 0.5) is 0 Å². The monoisotopic (exact) mass is 320 g/mol. The third-order valence-electron chi connectivity index (χ3n) is 3.62. The van der Waals surface area contributed by atoms with E-state index in [1.165, 1.54) is 10.9 Å². The summed E-state index contributed by atoms with van der Waals surface area (Å²) in [5.74, 6) is 0. The minimum Gasteiger partial charge on any atom is -0.378 e. The Morgan fingerprint density at radius 1 is 1.32 bits per heavy atom. The van der Waals surface area contributed by atoms with Gasteiger partial charge in [-0.25, -0.2) is 0 Å². The lowest BCUT2D eigenvalue weighted by molar-refractivity contribution is -0.00196. The molecule has 1 aliphatic rings. The summed E-state index contributed by atoms with van der Waals surface area (Å²) in [6, 6.07) is 11.0. The zero-order valence-electron chi connectivity index (χ0n) is 10.8. The van der Waals surface area contributed by atoms with Crippen molar-refractivity contribution in [1.82, 2.24) is 9.88 Å². The summed E-state index contributed by atoms with van der Waals surface area (Å²) in [6.45, 7) is 3.55. The van der Waals surface area contributed by atoms with Gasteiger partial charge in [0.2, 0.25) is 0 Å². The van der Waals surface area contributed by atoms with Gasteiger partial charge >= 0.3 is 0 Å². The molecule has 1 atom stereocenters. The van der Waals surface area contributed by atoms with Crippen LogP contribution in [0.1, 0.15) is 5.56 Å². The number of fused-ring (bicyclic) bond motifs is 1. The van der Waals surface area contributed by atoms with E-state index in [9.17, 15) is 0 Å². The molecule has 1 saturated heterocycles. The van der Waals surface area contributed by atoms with Crippen molar-refractivity contribution in [2.75, 3.05) is 25.1 Å². The number of morpholine rings is 1. The first kappa shape index (κ1) is 13.0. The third-order valence-corrected chi connectivity index (χ3v) is 4.36. The first-order chi connectivity index (χ1) is 9.38. The highest BCUT2D eigenvalue weighted by Crippen LogP contribution is 2.20. The number of alkyl halides is 1. The summed E-state index contributed by atoms with van der Waals surface area (Å²) < 4.78 is 5.54. The zero-order chi connectivity index (χ0) is 13.1. The molecule has 0 amide bonds. The van der Waals surface area contributed by atoms with Crippen LogP contribution in [-0.2, 0) is 11.3 Å². The SMILES string of the molecule is BrCC1COCCN1Cc1cccc2cccnc12. The second-order valence-corrected chi connectivity index (χ2v) is 5.49. The lowest BCUT2D eigenvalue weighted by atomic mass is 10.1. The Balaban J connectivity index is 1.88. The summed E-state index contributed by atoms with van der Waals surface area (Å²) in [5.41, 5.74) is 2.41. The van der Waals surface area contributed by atoms with Gasteiger partial charge in [0.05, 0.1) is 18.7 Å². The van der Waals surface area contributed by atoms with Crippen molar-refractivity contribution >= 4 is 26.8 Å². The Kier molecular flexibility index (Phi) is 4.11. The molecule has 1 aromatic carbocycles. The van der Waals surface area contributed by atoms with Gasteiger partial charge < -0.3 is 4.74 Å². The molecule has 1 aliphatic heterocycles. The lowest BCUT2D eigenvalue weighted by Gasteiger charge is -2.34. The van der Waals surface area contributed by atoms with Gasteiger partial charge in [-0.05, 0) is 11.6 Å². The Bertz CT molecular complexity index is 555. The molecule has 4 heteroatoms. The first-order valence-electron chi connectivity index (χ1n) is 6.59. The van der Waals surface area contributed by atoms with E-state index in [2.05, 4.69) is 50.1 Å². The maximum Gasteiger partial charge on any atom is 0.0746 e. The molecule has 1 fully saturated rings. The summed E-state index contributed by atoms with van der Waals surface area (Å²) >= 11 is 3.58. The number of para-hydroxylation sites is 1. The predicted octanol–water partition coefficient (Wildman–Crippen LogP) is 2.83. The van der Waals surface area contributed by atoms with Gasteiger partial charge in [0.1, 0.15) is 0 Å². The van der Waals surface area contributed by atoms with Gasteiger partial charge in [-0.2, -0.15) is 0 Å². The van der Waals surface area contributed by atoms with Crippen LogP contribution in [0.5, 0.6) is 0 Å². The maximum absolute atomic E-state index is 5.54. The second-order valence-electron chi connectivity index (χ2n) is 4.85. The Labute approximate surface area is 121 Å². The molecular formula is C15H17BrN2O. The number of aromatic nitrogens is 1. The molecule has 1 aromatic heterocycles. The maximum atomic E-state index is 5.54. The molecule has 3 nitrogen and oxygen atoms in total. The van der Waals surface area contributed by atoms with Crippen LogP contribution in [0.15, 0.2) is 36.5 Å². The number of rotatable bonds is 3. The topological polar surface area (TPSA) is 25.4 Å². The van der Waals surface area contributed by atoms with E-state index in [1.54, 1.807) is 0 Å². The number of benzene rings is 1. The van der Waals surface area contributed by atoms with Crippen LogP contribution in [0.25, 0.3) is 10.9 Å². The molecule has 2 aromatic rings. The fraction of sp³-hybridized carbons (Fsp3) is 0.400. The molecule has 0 N–H and O–H groups in total. The third kappa shape index (κ3) is 2.81. The van der Waals surface area contributed by atoms with Crippen LogP contribution in [0.3, 0.4) is 0 Å². The molecule has 0 saturated carbocycles. The van der Waals surface area contributed by atoms with Gasteiger partial charge in [-0.15, -0.1) is 0 Å². The molecule has 0 radical (unpaired) electrons. The summed E-state index contributed by atoms with van der Waals surface area (Å²) in [7, 11) is 0. The van der Waals surface area contributed by atoms with Gasteiger partial charge in [-0.3, -0.25) is 9.88 Å². The Morgan fingerprint density at radius 2 is 2.21 bits per heavy atom. The summed E-state index contributed by atoms with van der Waals surface area (Å²) in [4.78, 5) is 7.00. The molecule has 0 aliphatic carbocycles. The summed E-state index contributed by atoms with van der Waals surface area (Å²) in [5, 5.41) is 2.16. The van der Waals surface area contributed by atoms with Gasteiger partial charge in [0.25, 0.3) is 0 Å². The van der Waals surface area contributed by atoms with Gasteiger partial charge in [0.15, 0.2) is 0 Å². The number of pyridine rings is 1. The molecule has 19 heavy (non-hydrogen) atoms. The summed E-state index contributed by atoms with van der Waals surface area (Å²) in [6.07, 6.45) is 1.87. The number of hydrogen-bond donors (Lipinski definition) is 0. The fourth-order valence-corrected chi connectivity index (χ4v) is 3.15. The largest absolute Gasteiger partial charge is 0.378 e. The smallest absolute Gasteiger partial charge is 0.0746 e. The van der Waals surface area contributed by atoms with E-state index in [1.807, 2.05) is 12.3 Å². The van der Waals surface area contributed by atoms with Crippen LogP contribution in [0, 0.1) is 0 Å². The number of ether oxygens (including phenoxy) is 1. The average Bonchev–Trinajstić information content (AvgIpc) is 2.48. The standard InChI is InChI=1S/C15H17BrN2O/c16-9-14-11-19-8-7-18(14)10-13-4-1-3-12-5-2-6-17-15(12)13/h1-6,14H,7-11H2. The highest BCUT2D eigenvalue weighted by molar-refractivity contribution is 9.09. The molecule has 0 spiro atoms. The van der Waals surface area contributed by atoms with E-state index in [0.29, 0.717) is 6.04 Å². The molecular weight excluding hydrogens is 304 g/mol. The van der Waals surface area contributed by atoms with E-state index in [0.717, 1.165) is 37.2 Å². The molecule has 100 valence electrons. The molecule has 0 bridgehead atoms. The minimum absolute atomic E-state index is 0.452. The number of hydrogen-bond acceptors (Lipinski definition) is 3. The van der Waals surface area contributed by atoms with Crippen LogP contribution in [0.2, 0.25) is 0 Å². The van der Waals surface area contributed by atoms with Crippen molar-refractivity contribution in [2.24, 2.45) is 0 Å². The predicted molar refractivity (Wildman–Crippen MR) is 80.6 cm³/mol. The van der Waals surface area contributed by atoms with E-state index < -0.39 is 0 Å². The van der Waals surface area contributed by atoms with Crippen molar-refractivity contribution in [1.29, 1.82) is 0 Å². The van der Waals surface area contributed by atoms with Gasteiger partial charge in [-0.1, -0.05) is 40.2 Å². The molecule has 1 unspecified atom stereocenters. The molecule has 3 rings (SSSR count). The Hall–Kier alpha value is -0.970. The number of halogens is 1. The minimum atomic E-state index is 0.452. The van der Waals surface area contributed by atoms with Crippen LogP contribution >= 0.6 is 15.9 Å². The van der Waals surface area contributed by atoms with Crippen molar-refractivity contribution in [2.45, 2.75) is 12.6 Å². The second kappa shape index (κ2) is 5.99.